The van der Waals surface area contributed by atoms with E-state index in [-0.39, 0.29) is 11.4 Å². The SMILES string of the molecule is N#Cc1c(N)n2nncc2c2ccc(F)cc12. The summed E-state index contributed by atoms with van der Waals surface area (Å²) in [6, 6.07) is 6.17. The molecule has 2 heterocycles. The maximum atomic E-state index is 13.2. The number of hydrogen-bond donors (Lipinski definition) is 1. The van der Waals surface area contributed by atoms with Crippen LogP contribution in [0.4, 0.5) is 10.2 Å². The minimum atomic E-state index is -0.412. The average molecular weight is 227 g/mol. The summed E-state index contributed by atoms with van der Waals surface area (Å²) < 4.78 is 14.6. The summed E-state index contributed by atoms with van der Waals surface area (Å²) in [5.41, 5.74) is 6.66. The van der Waals surface area contributed by atoms with Crippen LogP contribution in [0.3, 0.4) is 0 Å². The number of fused-ring (bicyclic) bond motifs is 3. The van der Waals surface area contributed by atoms with Gasteiger partial charge in [0.25, 0.3) is 0 Å². The van der Waals surface area contributed by atoms with Gasteiger partial charge < -0.3 is 5.73 Å². The van der Waals surface area contributed by atoms with Gasteiger partial charge in [-0.3, -0.25) is 0 Å². The molecule has 82 valence electrons. The van der Waals surface area contributed by atoms with Crippen molar-refractivity contribution in [2.75, 3.05) is 5.73 Å². The normalized spacial score (nSPS) is 10.8. The molecule has 3 rings (SSSR count). The van der Waals surface area contributed by atoms with Gasteiger partial charge in [0.15, 0.2) is 0 Å². The van der Waals surface area contributed by atoms with Crippen LogP contribution in [0.25, 0.3) is 16.3 Å². The van der Waals surface area contributed by atoms with E-state index >= 15 is 0 Å². The molecular formula is C11H6FN5. The summed E-state index contributed by atoms with van der Waals surface area (Å²) in [6.07, 6.45) is 1.53. The first-order valence-corrected chi connectivity index (χ1v) is 4.83. The Labute approximate surface area is 94.9 Å². The summed E-state index contributed by atoms with van der Waals surface area (Å²) in [5.74, 6) is -0.247. The molecule has 0 aliphatic carbocycles. The molecule has 3 aromatic rings. The van der Waals surface area contributed by atoms with Crippen LogP contribution in [0.2, 0.25) is 0 Å². The van der Waals surface area contributed by atoms with E-state index in [9.17, 15) is 4.39 Å². The second kappa shape index (κ2) is 3.15. The van der Waals surface area contributed by atoms with E-state index in [1.54, 1.807) is 6.07 Å². The molecule has 0 unspecified atom stereocenters. The van der Waals surface area contributed by atoms with Gasteiger partial charge in [-0.15, -0.1) is 5.10 Å². The highest BCUT2D eigenvalue weighted by Crippen LogP contribution is 2.27. The second-order valence-electron chi connectivity index (χ2n) is 3.59. The third kappa shape index (κ3) is 1.16. The van der Waals surface area contributed by atoms with Crippen molar-refractivity contribution in [2.24, 2.45) is 0 Å². The summed E-state index contributed by atoms with van der Waals surface area (Å²) in [7, 11) is 0. The van der Waals surface area contributed by atoms with Gasteiger partial charge in [-0.25, -0.2) is 4.39 Å². The van der Waals surface area contributed by atoms with E-state index in [0.717, 1.165) is 0 Å². The maximum Gasteiger partial charge on any atom is 0.146 e. The van der Waals surface area contributed by atoms with Crippen molar-refractivity contribution in [1.29, 1.82) is 5.26 Å². The minimum absolute atomic E-state index is 0.165. The van der Waals surface area contributed by atoms with E-state index in [2.05, 4.69) is 10.3 Å². The standard InChI is InChI=1S/C11H6FN5/c12-6-1-2-7-8(3-6)9(4-13)11(14)17-10(7)5-15-16-17/h1-3,5H,14H2. The molecule has 2 N–H and O–H groups in total. The number of hydrogen-bond acceptors (Lipinski definition) is 4. The smallest absolute Gasteiger partial charge is 0.146 e. The zero-order valence-electron chi connectivity index (χ0n) is 8.55. The topological polar surface area (TPSA) is 80.0 Å². The van der Waals surface area contributed by atoms with Crippen LogP contribution < -0.4 is 5.73 Å². The molecule has 0 atom stereocenters. The fourth-order valence-corrected chi connectivity index (χ4v) is 1.90. The average Bonchev–Trinajstić information content (AvgIpc) is 2.79. The lowest BCUT2D eigenvalue weighted by Crippen LogP contribution is -2.03. The van der Waals surface area contributed by atoms with Crippen molar-refractivity contribution >= 4 is 22.1 Å². The molecule has 0 saturated heterocycles. The minimum Gasteiger partial charge on any atom is -0.382 e. The molecule has 0 fully saturated rings. The zero-order valence-corrected chi connectivity index (χ0v) is 8.55. The molecule has 0 aliphatic rings. The Morgan fingerprint density at radius 1 is 1.35 bits per heavy atom. The summed E-state index contributed by atoms with van der Waals surface area (Å²) in [6.45, 7) is 0. The quantitative estimate of drug-likeness (QED) is 0.630. The Balaban J connectivity index is 2.68. The molecule has 0 amide bonds. The van der Waals surface area contributed by atoms with E-state index in [1.807, 2.05) is 6.07 Å². The van der Waals surface area contributed by atoms with Gasteiger partial charge in [-0.1, -0.05) is 5.21 Å². The summed E-state index contributed by atoms with van der Waals surface area (Å²) in [5, 5.41) is 17.8. The van der Waals surface area contributed by atoms with Crippen LogP contribution in [-0.4, -0.2) is 14.8 Å². The first kappa shape index (κ1) is 9.54. The van der Waals surface area contributed by atoms with Crippen molar-refractivity contribution in [1.82, 2.24) is 14.8 Å². The lowest BCUT2D eigenvalue weighted by molar-refractivity contribution is 0.629. The first-order chi connectivity index (χ1) is 8.22. The highest BCUT2D eigenvalue weighted by atomic mass is 19.1. The molecule has 0 radical (unpaired) electrons. The Kier molecular flexibility index (Phi) is 1.77. The number of benzene rings is 1. The van der Waals surface area contributed by atoms with Gasteiger partial charge in [0.2, 0.25) is 0 Å². The van der Waals surface area contributed by atoms with Crippen LogP contribution in [-0.2, 0) is 0 Å². The molecule has 17 heavy (non-hydrogen) atoms. The maximum absolute atomic E-state index is 13.2. The van der Waals surface area contributed by atoms with Gasteiger partial charge in [-0.05, 0) is 18.2 Å². The van der Waals surface area contributed by atoms with Crippen molar-refractivity contribution in [2.45, 2.75) is 0 Å². The van der Waals surface area contributed by atoms with Gasteiger partial charge in [0.05, 0.1) is 11.7 Å². The van der Waals surface area contributed by atoms with Crippen LogP contribution in [0.1, 0.15) is 5.56 Å². The predicted octanol–water partition coefficient (Wildman–Crippen LogP) is 1.48. The molecule has 0 saturated carbocycles. The van der Waals surface area contributed by atoms with E-state index in [0.29, 0.717) is 16.3 Å². The lowest BCUT2D eigenvalue weighted by atomic mass is 10.1. The lowest BCUT2D eigenvalue weighted by Gasteiger charge is -2.06. The monoisotopic (exact) mass is 227 g/mol. The number of nitrogen functional groups attached to an aromatic ring is 1. The Hall–Kier alpha value is -2.68. The first-order valence-electron chi connectivity index (χ1n) is 4.83. The molecule has 6 heteroatoms. The Morgan fingerprint density at radius 2 is 2.18 bits per heavy atom. The van der Waals surface area contributed by atoms with E-state index in [1.165, 1.54) is 22.8 Å². The number of anilines is 1. The summed E-state index contributed by atoms with van der Waals surface area (Å²) >= 11 is 0. The van der Waals surface area contributed by atoms with Crippen molar-refractivity contribution in [3.05, 3.63) is 35.8 Å². The highest BCUT2D eigenvalue weighted by Gasteiger charge is 2.13. The van der Waals surface area contributed by atoms with Crippen LogP contribution in [0, 0.1) is 17.1 Å². The van der Waals surface area contributed by atoms with Crippen molar-refractivity contribution < 1.29 is 4.39 Å². The predicted molar refractivity (Wildman–Crippen MR) is 59.6 cm³/mol. The Bertz CT molecular complexity index is 784. The number of nitriles is 1. The fourth-order valence-electron chi connectivity index (χ4n) is 1.90. The van der Waals surface area contributed by atoms with Crippen LogP contribution in [0.5, 0.6) is 0 Å². The van der Waals surface area contributed by atoms with Gasteiger partial charge in [0, 0.05) is 10.8 Å². The van der Waals surface area contributed by atoms with Gasteiger partial charge in [-0.2, -0.15) is 9.78 Å². The van der Waals surface area contributed by atoms with Gasteiger partial charge in [0.1, 0.15) is 23.3 Å². The van der Waals surface area contributed by atoms with E-state index < -0.39 is 5.82 Å². The second-order valence-corrected chi connectivity index (χ2v) is 3.59. The molecule has 1 aromatic carbocycles. The third-order valence-corrected chi connectivity index (χ3v) is 2.67. The summed E-state index contributed by atoms with van der Waals surface area (Å²) in [4.78, 5) is 0. The number of rotatable bonds is 0. The van der Waals surface area contributed by atoms with Gasteiger partial charge >= 0.3 is 0 Å². The zero-order chi connectivity index (χ0) is 12.0. The molecule has 0 bridgehead atoms. The number of pyridine rings is 1. The molecular weight excluding hydrogens is 221 g/mol. The van der Waals surface area contributed by atoms with Crippen LogP contribution in [0.15, 0.2) is 24.4 Å². The number of nitrogens with two attached hydrogens (primary N) is 1. The number of halogens is 1. The van der Waals surface area contributed by atoms with Crippen LogP contribution >= 0.6 is 0 Å². The number of aromatic nitrogens is 3. The van der Waals surface area contributed by atoms with Crippen molar-refractivity contribution in [3.63, 3.8) is 0 Å². The molecule has 5 nitrogen and oxygen atoms in total. The van der Waals surface area contributed by atoms with E-state index in [4.69, 9.17) is 11.0 Å². The molecule has 2 aromatic heterocycles. The fraction of sp³-hybridized carbons (Fsp3) is 0. The van der Waals surface area contributed by atoms with Crippen molar-refractivity contribution in [3.8, 4) is 6.07 Å². The Morgan fingerprint density at radius 3 is 2.94 bits per heavy atom. The molecule has 0 aliphatic heterocycles. The third-order valence-electron chi connectivity index (χ3n) is 2.67. The largest absolute Gasteiger partial charge is 0.382 e. The highest BCUT2D eigenvalue weighted by molar-refractivity contribution is 6.01. The molecule has 0 spiro atoms. The number of nitrogens with zero attached hydrogens (tertiary/aromatic N) is 4.